The summed E-state index contributed by atoms with van der Waals surface area (Å²) in [6, 6.07) is 1.92. The first-order valence-electron chi connectivity index (χ1n) is 6.42. The summed E-state index contributed by atoms with van der Waals surface area (Å²) in [5, 5.41) is 6.25. The molecule has 3 rings (SSSR count). The van der Waals surface area contributed by atoms with Crippen molar-refractivity contribution in [1.82, 2.24) is 9.97 Å². The van der Waals surface area contributed by atoms with Crippen LogP contribution in [0.4, 0.5) is 5.82 Å². The number of carboxylic acid groups (broad SMARTS) is 1. The van der Waals surface area contributed by atoms with Crippen LogP contribution in [0.15, 0.2) is 11.4 Å². The SMILES string of the molecule is [2H]OC(=O)C1CCN(c2nc(Cl)nc3ccsc23)CC1. The van der Waals surface area contributed by atoms with E-state index in [1.807, 2.05) is 11.4 Å². The molecule has 1 saturated heterocycles. The molecule has 5 nitrogen and oxygen atoms in total. The van der Waals surface area contributed by atoms with Gasteiger partial charge in [-0.05, 0) is 35.9 Å². The van der Waals surface area contributed by atoms with Crippen LogP contribution < -0.4 is 4.90 Å². The molecule has 19 heavy (non-hydrogen) atoms. The summed E-state index contributed by atoms with van der Waals surface area (Å²) in [6.45, 7) is 1.39. The predicted octanol–water partition coefficient (Wildman–Crippen LogP) is 2.65. The lowest BCUT2D eigenvalue weighted by Gasteiger charge is -2.31. The van der Waals surface area contributed by atoms with Crippen molar-refractivity contribution in [2.24, 2.45) is 5.92 Å². The van der Waals surface area contributed by atoms with Crippen LogP contribution in [0.25, 0.3) is 11.6 Å². The number of hydrogen-bond acceptors (Lipinski definition) is 6. The molecule has 7 heteroatoms. The molecule has 3 heterocycles. The quantitative estimate of drug-likeness (QED) is 0.863. The summed E-state index contributed by atoms with van der Waals surface area (Å²) in [6.07, 6.45) is 1.32. The number of piperidine rings is 1. The van der Waals surface area contributed by atoms with Crippen LogP contribution in [-0.2, 0) is 4.79 Å². The maximum Gasteiger partial charge on any atom is 0.306 e. The Morgan fingerprint density at radius 1 is 1.53 bits per heavy atom. The highest BCUT2D eigenvalue weighted by atomic mass is 35.5. The largest absolute Gasteiger partial charge is 0.481 e. The molecule has 0 amide bonds. The van der Waals surface area contributed by atoms with E-state index in [2.05, 4.69) is 20.0 Å². The van der Waals surface area contributed by atoms with E-state index in [1.54, 1.807) is 11.3 Å². The molecule has 0 bridgehead atoms. The molecule has 0 spiro atoms. The number of rotatable bonds is 2. The lowest BCUT2D eigenvalue weighted by atomic mass is 9.97. The lowest BCUT2D eigenvalue weighted by Crippen LogP contribution is -2.36. The van der Waals surface area contributed by atoms with E-state index < -0.39 is 5.97 Å². The molecule has 100 valence electrons. The molecule has 2 aromatic rings. The first kappa shape index (κ1) is 11.4. The second-order valence-corrected chi connectivity index (χ2v) is 5.79. The number of carbonyl (C=O) groups is 1. The third kappa shape index (κ3) is 2.37. The van der Waals surface area contributed by atoms with Gasteiger partial charge in [-0.1, -0.05) is 0 Å². The first-order valence-corrected chi connectivity index (χ1v) is 7.27. The van der Waals surface area contributed by atoms with E-state index in [9.17, 15) is 4.79 Å². The molecule has 0 aliphatic carbocycles. The van der Waals surface area contributed by atoms with E-state index in [1.165, 1.54) is 0 Å². The van der Waals surface area contributed by atoms with Crippen LogP contribution >= 0.6 is 22.9 Å². The van der Waals surface area contributed by atoms with Gasteiger partial charge in [0.05, 0.1) is 16.1 Å². The Balaban J connectivity index is 1.83. The Morgan fingerprint density at radius 2 is 2.32 bits per heavy atom. The summed E-state index contributed by atoms with van der Waals surface area (Å²) in [5.41, 5.74) is 0.845. The monoisotopic (exact) mass is 298 g/mol. The number of aromatic nitrogens is 2. The smallest absolute Gasteiger partial charge is 0.306 e. The molecule has 0 saturated carbocycles. The van der Waals surface area contributed by atoms with E-state index in [0.717, 1.165) is 16.0 Å². The summed E-state index contributed by atoms with van der Waals surface area (Å²) < 4.78 is 7.69. The van der Waals surface area contributed by atoms with E-state index in [-0.39, 0.29) is 11.2 Å². The molecular weight excluding hydrogens is 286 g/mol. The Morgan fingerprint density at radius 3 is 3.05 bits per heavy atom. The zero-order valence-electron chi connectivity index (χ0n) is 11.0. The number of carboxylic acids is 1. The van der Waals surface area contributed by atoms with Gasteiger partial charge in [0.2, 0.25) is 5.28 Å². The third-order valence-electron chi connectivity index (χ3n) is 3.39. The highest BCUT2D eigenvalue weighted by molar-refractivity contribution is 7.17. The normalized spacial score (nSPS) is 17.5. The Bertz CT molecular complexity index is 643. The van der Waals surface area contributed by atoms with Crippen LogP contribution in [0.5, 0.6) is 0 Å². The second-order valence-electron chi connectivity index (χ2n) is 4.53. The molecule has 1 N–H and O–H groups in total. The van der Waals surface area contributed by atoms with Crippen LogP contribution in [0.2, 0.25) is 5.28 Å². The Hall–Kier alpha value is -1.40. The van der Waals surface area contributed by atoms with Crippen molar-refractivity contribution >= 4 is 44.9 Å². The maximum absolute atomic E-state index is 11.4. The van der Waals surface area contributed by atoms with E-state index in [4.69, 9.17) is 13.0 Å². The Labute approximate surface area is 120 Å². The zero-order chi connectivity index (χ0) is 14.1. The standard InChI is InChI=1S/C12H12ClN3O2S/c13-12-14-8-3-6-19-9(8)10(15-12)16-4-1-7(2-5-16)11(17)18/h3,6-7H,1-2,4-5H2,(H,17,18)/i/hD. The van der Waals surface area contributed by atoms with Gasteiger partial charge in [0, 0.05) is 13.1 Å². The van der Waals surface area contributed by atoms with Gasteiger partial charge >= 0.3 is 5.97 Å². The fraction of sp³-hybridized carbons (Fsp3) is 0.417. The minimum absolute atomic E-state index is 0.195. The van der Waals surface area contributed by atoms with Gasteiger partial charge in [-0.15, -0.1) is 11.3 Å². The van der Waals surface area contributed by atoms with Crippen molar-refractivity contribution in [3.8, 4) is 0 Å². The molecule has 0 unspecified atom stereocenters. The molecule has 1 aliphatic heterocycles. The summed E-state index contributed by atoms with van der Waals surface area (Å²) >= 11 is 7.54. The van der Waals surface area contributed by atoms with Crippen molar-refractivity contribution in [3.05, 3.63) is 16.7 Å². The third-order valence-corrected chi connectivity index (χ3v) is 4.45. The minimum Gasteiger partial charge on any atom is -0.481 e. The van der Waals surface area contributed by atoms with Crippen molar-refractivity contribution < 1.29 is 9.90 Å². The summed E-state index contributed by atoms with van der Waals surface area (Å²) in [5.74, 6) is 0.180. The van der Waals surface area contributed by atoms with E-state index >= 15 is 0 Å². The van der Waals surface area contributed by atoms with Crippen molar-refractivity contribution in [1.29, 1.82) is 1.43 Å². The highest BCUT2D eigenvalue weighted by Gasteiger charge is 2.26. The molecule has 0 aromatic carbocycles. The molecular formula is C12H12ClN3O2S. The van der Waals surface area contributed by atoms with Crippen LogP contribution in [-0.4, -0.2) is 34.1 Å². The van der Waals surface area contributed by atoms with Gasteiger partial charge in [-0.3, -0.25) is 4.79 Å². The van der Waals surface area contributed by atoms with Gasteiger partial charge in [-0.2, -0.15) is 4.98 Å². The maximum atomic E-state index is 11.4. The molecule has 2 aromatic heterocycles. The van der Waals surface area contributed by atoms with Gasteiger partial charge in [-0.25, -0.2) is 4.98 Å². The zero-order valence-corrected chi connectivity index (χ0v) is 11.6. The lowest BCUT2D eigenvalue weighted by molar-refractivity contribution is -0.142. The number of hydrogen-bond donors (Lipinski definition) is 1. The fourth-order valence-electron chi connectivity index (χ4n) is 2.36. The van der Waals surface area contributed by atoms with Crippen molar-refractivity contribution in [3.63, 3.8) is 0 Å². The second kappa shape index (κ2) is 4.94. The first-order chi connectivity index (χ1) is 9.69. The van der Waals surface area contributed by atoms with Gasteiger partial charge in [0.25, 0.3) is 1.43 Å². The average Bonchev–Trinajstić information content (AvgIpc) is 2.94. The van der Waals surface area contributed by atoms with Crippen LogP contribution in [0.1, 0.15) is 12.8 Å². The number of halogens is 1. The van der Waals surface area contributed by atoms with Crippen LogP contribution in [0.3, 0.4) is 0 Å². The number of aliphatic carboxylic acids is 1. The summed E-state index contributed by atoms with van der Waals surface area (Å²) in [4.78, 5) is 22.0. The van der Waals surface area contributed by atoms with Gasteiger partial charge in [0.15, 0.2) is 5.82 Å². The topological polar surface area (TPSA) is 66.3 Å². The fourth-order valence-corrected chi connectivity index (χ4v) is 3.38. The van der Waals surface area contributed by atoms with Crippen molar-refractivity contribution in [2.45, 2.75) is 12.8 Å². The number of fused-ring (bicyclic) bond motifs is 1. The number of thiophene rings is 1. The predicted molar refractivity (Wildman–Crippen MR) is 75.0 cm³/mol. The van der Waals surface area contributed by atoms with Gasteiger partial charge < -0.3 is 10.0 Å². The number of anilines is 1. The summed E-state index contributed by atoms with van der Waals surface area (Å²) in [7, 11) is 0. The molecule has 1 aliphatic rings. The van der Waals surface area contributed by atoms with Gasteiger partial charge in [0.1, 0.15) is 0 Å². The number of nitrogens with zero attached hydrogens (tertiary/aromatic N) is 3. The molecule has 0 atom stereocenters. The molecule has 1 fully saturated rings. The molecule has 0 radical (unpaired) electrons. The average molecular weight is 299 g/mol. The van der Waals surface area contributed by atoms with E-state index in [0.29, 0.717) is 25.9 Å². The highest BCUT2D eigenvalue weighted by Crippen LogP contribution is 2.32. The van der Waals surface area contributed by atoms with Crippen molar-refractivity contribution in [2.75, 3.05) is 18.0 Å². The van der Waals surface area contributed by atoms with Crippen LogP contribution in [0, 0.1) is 5.92 Å². The Kier molecular flexibility index (Phi) is 2.97. The minimum atomic E-state index is -0.452.